The number of ketones is 2. The first kappa shape index (κ1) is 16.2. The van der Waals surface area contributed by atoms with Crippen LogP contribution >= 0.6 is 0 Å². The molecule has 0 aromatic heterocycles. The van der Waals surface area contributed by atoms with Crippen molar-refractivity contribution in [3.8, 4) is 0 Å². The molecule has 0 aromatic rings. The summed E-state index contributed by atoms with van der Waals surface area (Å²) in [5.74, 6) is -1.17. The van der Waals surface area contributed by atoms with Crippen LogP contribution in [0.1, 0.15) is 19.3 Å². The molecule has 100 valence electrons. The molecule has 0 saturated carbocycles. The molecule has 6 heteroatoms. The van der Waals surface area contributed by atoms with Gasteiger partial charge in [0.15, 0.2) is 11.6 Å². The molecular weight excluding hydrogens is 236 g/mol. The fourth-order valence-corrected chi connectivity index (χ4v) is 1.07. The van der Waals surface area contributed by atoms with Gasteiger partial charge in [-0.2, -0.15) is 0 Å². The van der Waals surface area contributed by atoms with Crippen LogP contribution in [0, 0.1) is 0 Å². The Morgan fingerprint density at radius 1 is 1.11 bits per heavy atom. The molecule has 0 aromatic carbocycles. The second-order valence-electron chi connectivity index (χ2n) is 3.70. The van der Waals surface area contributed by atoms with Crippen LogP contribution in [0.2, 0.25) is 0 Å². The molecule has 0 saturated heterocycles. The van der Waals surface area contributed by atoms with Crippen molar-refractivity contribution < 1.29 is 19.5 Å². The molecule has 0 aliphatic heterocycles. The maximum atomic E-state index is 10.3. The van der Waals surface area contributed by atoms with Crippen LogP contribution in [0.15, 0.2) is 24.3 Å². The average molecular weight is 254 g/mol. The van der Waals surface area contributed by atoms with Gasteiger partial charge in [-0.1, -0.05) is 6.42 Å². The number of hydrogen-bond donors (Lipinski definition) is 3. The molecule has 5 N–H and O–H groups in total. The first-order valence-electron chi connectivity index (χ1n) is 5.60. The number of rotatable bonds is 5. The number of allylic oxidation sites excluding steroid dienone is 4. The molecule has 18 heavy (non-hydrogen) atoms. The van der Waals surface area contributed by atoms with E-state index in [1.54, 1.807) is 0 Å². The summed E-state index contributed by atoms with van der Waals surface area (Å²) < 4.78 is 0. The quantitative estimate of drug-likeness (QED) is 0.460. The number of aliphatic carboxylic acids is 1. The molecule has 0 bridgehead atoms. The van der Waals surface area contributed by atoms with Crippen molar-refractivity contribution in [2.45, 2.75) is 25.3 Å². The maximum Gasteiger partial charge on any atom is 0.320 e. The van der Waals surface area contributed by atoms with Gasteiger partial charge in [-0.15, -0.1) is 0 Å². The summed E-state index contributed by atoms with van der Waals surface area (Å²) in [6.07, 6.45) is 7.17. The van der Waals surface area contributed by atoms with Gasteiger partial charge in [0.2, 0.25) is 0 Å². The first-order chi connectivity index (χ1) is 8.47. The third-order valence-corrected chi connectivity index (χ3v) is 2.11. The minimum absolute atomic E-state index is 0.121. The summed E-state index contributed by atoms with van der Waals surface area (Å²) in [5, 5.41) is 8.33. The molecule has 1 rings (SSSR count). The predicted octanol–water partition coefficient (Wildman–Crippen LogP) is -0.222. The minimum Gasteiger partial charge on any atom is -0.480 e. The molecular formula is C12H18N2O4. The number of carbonyl (C=O) groups excluding carboxylic acids is 2. The van der Waals surface area contributed by atoms with E-state index in [0.717, 1.165) is 12.8 Å². The van der Waals surface area contributed by atoms with Gasteiger partial charge in [-0.05, 0) is 43.7 Å². The minimum atomic E-state index is -0.933. The molecule has 0 spiro atoms. The SMILES string of the molecule is NCCCC[C@H](N)C(=O)O.O=C1C=CC(=O)C=C1. The second-order valence-corrected chi connectivity index (χ2v) is 3.70. The van der Waals surface area contributed by atoms with E-state index in [1.165, 1.54) is 24.3 Å². The highest BCUT2D eigenvalue weighted by atomic mass is 16.4. The van der Waals surface area contributed by atoms with Crippen LogP contribution in [0.25, 0.3) is 0 Å². The Hall–Kier alpha value is -1.79. The Labute approximate surface area is 105 Å². The first-order valence-corrected chi connectivity index (χ1v) is 5.60. The van der Waals surface area contributed by atoms with Crippen molar-refractivity contribution >= 4 is 17.5 Å². The smallest absolute Gasteiger partial charge is 0.320 e. The maximum absolute atomic E-state index is 10.3. The Kier molecular flexibility index (Phi) is 8.34. The molecule has 0 unspecified atom stereocenters. The van der Waals surface area contributed by atoms with E-state index in [9.17, 15) is 14.4 Å². The number of carboxylic acid groups (broad SMARTS) is 1. The van der Waals surface area contributed by atoms with Gasteiger partial charge < -0.3 is 16.6 Å². The topological polar surface area (TPSA) is 123 Å². The van der Waals surface area contributed by atoms with E-state index in [2.05, 4.69) is 0 Å². The van der Waals surface area contributed by atoms with E-state index in [0.29, 0.717) is 13.0 Å². The molecule has 0 fully saturated rings. The van der Waals surface area contributed by atoms with E-state index in [4.69, 9.17) is 16.6 Å². The highest BCUT2D eigenvalue weighted by molar-refractivity contribution is 6.14. The molecule has 6 nitrogen and oxygen atoms in total. The molecule has 1 atom stereocenters. The van der Waals surface area contributed by atoms with Gasteiger partial charge in [0.05, 0.1) is 0 Å². The lowest BCUT2D eigenvalue weighted by atomic mass is 10.1. The number of carboxylic acids is 1. The third-order valence-electron chi connectivity index (χ3n) is 2.11. The van der Waals surface area contributed by atoms with Gasteiger partial charge in [0, 0.05) is 0 Å². The van der Waals surface area contributed by atoms with Crippen LogP contribution in [0.3, 0.4) is 0 Å². The summed E-state index contributed by atoms with van der Waals surface area (Å²) in [6.45, 7) is 0.604. The van der Waals surface area contributed by atoms with Crippen LogP contribution in [0.5, 0.6) is 0 Å². The summed E-state index contributed by atoms with van der Waals surface area (Å²) in [4.78, 5) is 30.7. The Morgan fingerprint density at radius 3 is 1.89 bits per heavy atom. The highest BCUT2D eigenvalue weighted by Gasteiger charge is 2.09. The van der Waals surface area contributed by atoms with Crippen LogP contribution in [0.4, 0.5) is 0 Å². The van der Waals surface area contributed by atoms with Gasteiger partial charge >= 0.3 is 5.97 Å². The number of nitrogens with two attached hydrogens (primary N) is 2. The number of unbranched alkanes of at least 4 members (excludes halogenated alkanes) is 1. The van der Waals surface area contributed by atoms with Crippen molar-refractivity contribution in [2.24, 2.45) is 11.5 Å². The third kappa shape index (κ3) is 8.37. The zero-order valence-electron chi connectivity index (χ0n) is 10.0. The van der Waals surface area contributed by atoms with Gasteiger partial charge in [0.1, 0.15) is 6.04 Å². The largest absolute Gasteiger partial charge is 0.480 e. The summed E-state index contributed by atoms with van der Waals surface area (Å²) in [5.41, 5.74) is 10.4. The Balaban J connectivity index is 0.000000327. The van der Waals surface area contributed by atoms with Crippen molar-refractivity contribution in [2.75, 3.05) is 6.54 Å². The van der Waals surface area contributed by atoms with Gasteiger partial charge in [-0.3, -0.25) is 14.4 Å². The van der Waals surface area contributed by atoms with E-state index >= 15 is 0 Å². The summed E-state index contributed by atoms with van der Waals surface area (Å²) in [7, 11) is 0. The predicted molar refractivity (Wildman–Crippen MR) is 66.8 cm³/mol. The summed E-state index contributed by atoms with van der Waals surface area (Å²) >= 11 is 0. The standard InChI is InChI=1S/C6H14N2O2.C6H4O2/c7-4-2-1-3-5(8)6(9)10;7-5-1-2-6(8)4-3-5/h5H,1-4,7-8H2,(H,9,10);1-4H/t5-;/m0./s1. The van der Waals surface area contributed by atoms with Gasteiger partial charge in [-0.25, -0.2) is 0 Å². The van der Waals surface area contributed by atoms with Gasteiger partial charge in [0.25, 0.3) is 0 Å². The second kappa shape index (κ2) is 9.26. The Bertz CT molecular complexity index is 323. The fourth-order valence-electron chi connectivity index (χ4n) is 1.07. The van der Waals surface area contributed by atoms with Crippen LogP contribution < -0.4 is 11.5 Å². The van der Waals surface area contributed by atoms with Crippen molar-refractivity contribution in [1.29, 1.82) is 0 Å². The Morgan fingerprint density at radius 2 is 1.56 bits per heavy atom. The van der Waals surface area contributed by atoms with Crippen molar-refractivity contribution in [3.05, 3.63) is 24.3 Å². The fraction of sp³-hybridized carbons (Fsp3) is 0.417. The lowest BCUT2D eigenvalue weighted by molar-refractivity contribution is -0.138. The monoisotopic (exact) mass is 254 g/mol. The molecule has 0 radical (unpaired) electrons. The van der Waals surface area contributed by atoms with Crippen LogP contribution in [-0.4, -0.2) is 35.2 Å². The number of carbonyl (C=O) groups is 3. The normalized spacial score (nSPS) is 15.0. The van der Waals surface area contributed by atoms with E-state index in [-0.39, 0.29) is 11.6 Å². The lowest BCUT2D eigenvalue weighted by Crippen LogP contribution is -2.29. The molecule has 1 aliphatic carbocycles. The molecule has 1 aliphatic rings. The zero-order valence-corrected chi connectivity index (χ0v) is 10.0. The van der Waals surface area contributed by atoms with E-state index in [1.807, 2.05) is 0 Å². The lowest BCUT2D eigenvalue weighted by Gasteiger charge is -2.03. The average Bonchev–Trinajstić information content (AvgIpc) is 2.34. The number of hydrogen-bond acceptors (Lipinski definition) is 5. The van der Waals surface area contributed by atoms with Crippen LogP contribution in [-0.2, 0) is 14.4 Å². The van der Waals surface area contributed by atoms with Crippen molar-refractivity contribution in [3.63, 3.8) is 0 Å². The van der Waals surface area contributed by atoms with E-state index < -0.39 is 12.0 Å². The highest BCUT2D eigenvalue weighted by Crippen LogP contribution is 1.97. The van der Waals surface area contributed by atoms with Crippen molar-refractivity contribution in [1.82, 2.24) is 0 Å². The summed E-state index contributed by atoms with van der Waals surface area (Å²) in [6, 6.07) is -0.716. The molecule has 0 heterocycles. The molecule has 0 amide bonds. The zero-order chi connectivity index (χ0) is 14.0.